The largest absolute Gasteiger partial charge is 0.489 e. The van der Waals surface area contributed by atoms with E-state index in [1.165, 1.54) is 0 Å². The van der Waals surface area contributed by atoms with E-state index in [2.05, 4.69) is 25.7 Å². The second-order valence-electron chi connectivity index (χ2n) is 5.11. The Balaban J connectivity index is 1.64. The molecule has 2 N–H and O–H groups in total. The molecule has 1 aromatic heterocycles. The van der Waals surface area contributed by atoms with Gasteiger partial charge in [-0.15, -0.1) is 10.2 Å². The molecule has 132 valence electrons. The number of ether oxygens (including phenoxy) is 1. The van der Waals surface area contributed by atoms with Crippen LogP contribution in [0, 0.1) is 0 Å². The first-order chi connectivity index (χ1) is 12.6. The lowest BCUT2D eigenvalue weighted by atomic mass is 10.2. The molecule has 7 nitrogen and oxygen atoms in total. The van der Waals surface area contributed by atoms with Gasteiger partial charge in [0.05, 0.1) is 6.21 Å². The van der Waals surface area contributed by atoms with Crippen LogP contribution in [0.15, 0.2) is 58.6 Å². The number of nitrogens with one attached hydrogen (secondary N) is 2. The number of hydrogen-bond acceptors (Lipinski definition) is 6. The van der Waals surface area contributed by atoms with Crippen LogP contribution in [-0.2, 0) is 6.61 Å². The predicted octanol–water partition coefficient (Wildman–Crippen LogP) is 3.50. The average Bonchev–Trinajstić information content (AvgIpc) is 2.62. The van der Waals surface area contributed by atoms with Crippen LogP contribution < -0.4 is 15.7 Å². The number of hydrogen-bond donors (Lipinski definition) is 2. The van der Waals surface area contributed by atoms with Crippen molar-refractivity contribution in [1.29, 1.82) is 0 Å². The van der Waals surface area contributed by atoms with Crippen molar-refractivity contribution in [1.82, 2.24) is 15.2 Å². The third kappa shape index (κ3) is 4.81. The molecule has 2 aromatic carbocycles. The highest BCUT2D eigenvalue weighted by molar-refractivity contribution is 6.35. The van der Waals surface area contributed by atoms with Gasteiger partial charge in [0.25, 0.3) is 5.56 Å². The average molecular weight is 390 g/mol. The summed E-state index contributed by atoms with van der Waals surface area (Å²) in [6.45, 7) is 0.248. The maximum absolute atomic E-state index is 11.1. The molecule has 0 amide bonds. The number of nitrogens with zero attached hydrogens (tertiary/aromatic N) is 3. The molecular formula is C17H13Cl2N5O2. The van der Waals surface area contributed by atoms with Crippen molar-refractivity contribution in [2.75, 3.05) is 5.43 Å². The van der Waals surface area contributed by atoms with Gasteiger partial charge in [0.1, 0.15) is 18.6 Å². The molecule has 0 aliphatic carbocycles. The standard InChI is InChI=1S/C17H13Cl2N5O2/c18-14-5-2-6-15(19)13(14)10-26-12-4-1-3-11(7-12)8-20-23-17-22-16(25)9-21-24-17/h1-9H,10H2,(H2,22,23,24,25)/b20-8+. The third-order valence-electron chi connectivity index (χ3n) is 3.26. The number of halogens is 2. The predicted molar refractivity (Wildman–Crippen MR) is 101 cm³/mol. The summed E-state index contributed by atoms with van der Waals surface area (Å²) in [7, 11) is 0. The maximum atomic E-state index is 11.1. The molecule has 3 rings (SSSR count). The number of benzene rings is 2. The van der Waals surface area contributed by atoms with Gasteiger partial charge in [-0.1, -0.05) is 41.4 Å². The van der Waals surface area contributed by atoms with Gasteiger partial charge in [-0.05, 0) is 29.8 Å². The summed E-state index contributed by atoms with van der Waals surface area (Å²) in [6, 6.07) is 12.6. The molecule has 26 heavy (non-hydrogen) atoms. The lowest BCUT2D eigenvalue weighted by molar-refractivity contribution is 0.306. The summed E-state index contributed by atoms with van der Waals surface area (Å²) in [5, 5.41) is 12.3. The number of H-pyrrole nitrogens is 1. The second-order valence-corrected chi connectivity index (χ2v) is 5.93. The molecule has 0 bridgehead atoms. The van der Waals surface area contributed by atoms with Crippen LogP contribution in [0.1, 0.15) is 11.1 Å². The molecule has 0 unspecified atom stereocenters. The highest BCUT2D eigenvalue weighted by Crippen LogP contribution is 2.26. The zero-order valence-corrected chi connectivity index (χ0v) is 14.8. The van der Waals surface area contributed by atoms with E-state index in [9.17, 15) is 4.79 Å². The molecule has 0 aliphatic rings. The van der Waals surface area contributed by atoms with Crippen LogP contribution in [0.25, 0.3) is 0 Å². The maximum Gasteiger partial charge on any atom is 0.271 e. The van der Waals surface area contributed by atoms with E-state index in [1.54, 1.807) is 30.5 Å². The van der Waals surface area contributed by atoms with Crippen molar-refractivity contribution in [3.8, 4) is 5.75 Å². The van der Waals surface area contributed by atoms with Gasteiger partial charge < -0.3 is 4.74 Å². The van der Waals surface area contributed by atoms with E-state index in [-0.39, 0.29) is 18.1 Å². The topological polar surface area (TPSA) is 92.3 Å². The van der Waals surface area contributed by atoms with Crippen LogP contribution in [0.3, 0.4) is 0 Å². The number of hydrazone groups is 1. The summed E-state index contributed by atoms with van der Waals surface area (Å²) >= 11 is 12.3. The highest BCUT2D eigenvalue weighted by atomic mass is 35.5. The SMILES string of the molecule is O=c1cnnc(N/N=C/c2cccc(OCc3c(Cl)cccc3Cl)c2)[nH]1. The Kier molecular flexibility index (Phi) is 5.83. The van der Waals surface area contributed by atoms with Gasteiger partial charge in [0.15, 0.2) is 0 Å². The van der Waals surface area contributed by atoms with Gasteiger partial charge in [-0.2, -0.15) is 5.10 Å². The molecule has 0 spiro atoms. The van der Waals surface area contributed by atoms with Gasteiger partial charge in [-0.3, -0.25) is 9.78 Å². The minimum Gasteiger partial charge on any atom is -0.489 e. The Bertz CT molecular complexity index is 970. The monoisotopic (exact) mass is 389 g/mol. The Morgan fingerprint density at radius 2 is 1.96 bits per heavy atom. The van der Waals surface area contributed by atoms with E-state index in [4.69, 9.17) is 27.9 Å². The van der Waals surface area contributed by atoms with Crippen LogP contribution >= 0.6 is 23.2 Å². The first-order valence-electron chi connectivity index (χ1n) is 7.48. The molecule has 0 aliphatic heterocycles. The Morgan fingerprint density at radius 1 is 1.19 bits per heavy atom. The summed E-state index contributed by atoms with van der Waals surface area (Å²) in [6.07, 6.45) is 2.63. The lowest BCUT2D eigenvalue weighted by Crippen LogP contribution is -2.10. The molecule has 0 radical (unpaired) electrons. The van der Waals surface area contributed by atoms with Crippen LogP contribution in [0.2, 0.25) is 10.0 Å². The van der Waals surface area contributed by atoms with E-state index >= 15 is 0 Å². The molecule has 0 atom stereocenters. The van der Waals surface area contributed by atoms with E-state index in [0.29, 0.717) is 15.8 Å². The van der Waals surface area contributed by atoms with Gasteiger partial charge >= 0.3 is 0 Å². The zero-order valence-electron chi connectivity index (χ0n) is 13.3. The number of aromatic nitrogens is 3. The van der Waals surface area contributed by atoms with E-state index in [1.807, 2.05) is 18.2 Å². The molecule has 0 saturated heterocycles. The second kappa shape index (κ2) is 8.46. The normalized spacial score (nSPS) is 10.8. The van der Waals surface area contributed by atoms with Gasteiger partial charge in [0, 0.05) is 15.6 Å². The van der Waals surface area contributed by atoms with Crippen LogP contribution in [0.4, 0.5) is 5.95 Å². The van der Waals surface area contributed by atoms with Crippen molar-refractivity contribution >= 4 is 35.4 Å². The molecule has 0 fully saturated rings. The van der Waals surface area contributed by atoms with Crippen molar-refractivity contribution < 1.29 is 4.74 Å². The fourth-order valence-electron chi connectivity index (χ4n) is 2.04. The smallest absolute Gasteiger partial charge is 0.271 e. The summed E-state index contributed by atoms with van der Waals surface area (Å²) in [5.41, 5.74) is 3.73. The summed E-state index contributed by atoms with van der Waals surface area (Å²) < 4.78 is 5.75. The molecule has 0 saturated carbocycles. The number of aromatic amines is 1. The third-order valence-corrected chi connectivity index (χ3v) is 3.97. The van der Waals surface area contributed by atoms with Crippen molar-refractivity contribution in [2.45, 2.75) is 6.61 Å². The van der Waals surface area contributed by atoms with Gasteiger partial charge in [-0.25, -0.2) is 5.43 Å². The summed E-state index contributed by atoms with van der Waals surface area (Å²) in [4.78, 5) is 13.6. The van der Waals surface area contributed by atoms with Crippen molar-refractivity contribution in [3.63, 3.8) is 0 Å². The molecule has 1 heterocycles. The summed E-state index contributed by atoms with van der Waals surface area (Å²) in [5.74, 6) is 0.785. The molecule has 9 heteroatoms. The Morgan fingerprint density at radius 3 is 2.73 bits per heavy atom. The fraction of sp³-hybridized carbons (Fsp3) is 0.0588. The first-order valence-corrected chi connectivity index (χ1v) is 8.24. The minimum absolute atomic E-state index is 0.148. The van der Waals surface area contributed by atoms with Crippen molar-refractivity contribution in [3.05, 3.63) is 80.2 Å². The molecular weight excluding hydrogens is 377 g/mol. The van der Waals surface area contributed by atoms with E-state index < -0.39 is 0 Å². The number of anilines is 1. The van der Waals surface area contributed by atoms with Crippen LogP contribution in [-0.4, -0.2) is 21.4 Å². The van der Waals surface area contributed by atoms with Crippen molar-refractivity contribution in [2.24, 2.45) is 5.10 Å². The highest BCUT2D eigenvalue weighted by Gasteiger charge is 2.06. The van der Waals surface area contributed by atoms with Crippen LogP contribution in [0.5, 0.6) is 5.75 Å². The zero-order chi connectivity index (χ0) is 18.4. The number of rotatable bonds is 6. The lowest BCUT2D eigenvalue weighted by Gasteiger charge is -2.09. The van der Waals surface area contributed by atoms with E-state index in [0.717, 1.165) is 17.3 Å². The Labute approximate surface area is 158 Å². The fourth-order valence-corrected chi connectivity index (χ4v) is 2.55. The first kappa shape index (κ1) is 17.9. The quantitative estimate of drug-likeness (QED) is 0.497. The van der Waals surface area contributed by atoms with Gasteiger partial charge in [0.2, 0.25) is 5.95 Å². The minimum atomic E-state index is -0.369. The molecule has 3 aromatic rings. The Hall–Kier alpha value is -2.90.